The average molecular weight is 363 g/mol. The lowest BCUT2D eigenvalue weighted by Gasteiger charge is -2.36. The zero-order valence-corrected chi connectivity index (χ0v) is 15.9. The highest BCUT2D eigenvalue weighted by molar-refractivity contribution is 5.88. The molecule has 4 rings (SSSR count). The number of hydrogen-bond donors (Lipinski definition) is 1. The molecular formula is C22H25N3O2. The lowest BCUT2D eigenvalue weighted by molar-refractivity contribution is -0.143. The molecule has 0 spiro atoms. The van der Waals surface area contributed by atoms with Crippen molar-refractivity contribution in [2.75, 3.05) is 20.2 Å². The van der Waals surface area contributed by atoms with Crippen molar-refractivity contribution in [2.45, 2.75) is 38.1 Å². The molecule has 2 aromatic rings. The number of aromatic amines is 1. The van der Waals surface area contributed by atoms with Crippen molar-refractivity contribution < 1.29 is 9.53 Å². The van der Waals surface area contributed by atoms with Crippen molar-refractivity contribution >= 4 is 16.9 Å². The van der Waals surface area contributed by atoms with Crippen molar-refractivity contribution in [3.05, 3.63) is 47.2 Å². The second-order valence-electron chi connectivity index (χ2n) is 7.51. The molecule has 3 heterocycles. The molecule has 5 nitrogen and oxygen atoms in total. The number of fused-ring (bicyclic) bond motifs is 5. The van der Waals surface area contributed by atoms with Gasteiger partial charge in [-0.3, -0.25) is 9.69 Å². The topological polar surface area (TPSA) is 69.1 Å². The fraction of sp³-hybridized carbons (Fsp3) is 0.455. The minimum absolute atomic E-state index is 0.158. The van der Waals surface area contributed by atoms with E-state index in [1.807, 2.05) is 12.1 Å². The number of benzene rings is 1. The Hall–Kier alpha value is -2.58. The maximum atomic E-state index is 12.7. The van der Waals surface area contributed by atoms with Crippen molar-refractivity contribution in [2.24, 2.45) is 5.92 Å². The molecule has 1 unspecified atom stereocenters. The van der Waals surface area contributed by atoms with E-state index in [2.05, 4.69) is 41.1 Å². The summed E-state index contributed by atoms with van der Waals surface area (Å²) in [5.74, 6) is -0.258. The van der Waals surface area contributed by atoms with E-state index in [1.54, 1.807) is 0 Å². The van der Waals surface area contributed by atoms with Crippen LogP contribution in [0.4, 0.5) is 0 Å². The summed E-state index contributed by atoms with van der Waals surface area (Å²) in [5.41, 5.74) is 4.39. The molecule has 0 amide bonds. The van der Waals surface area contributed by atoms with Gasteiger partial charge in [0.2, 0.25) is 0 Å². The number of nitriles is 1. The molecule has 0 aliphatic carbocycles. The Kier molecular flexibility index (Phi) is 4.75. The van der Waals surface area contributed by atoms with Gasteiger partial charge < -0.3 is 9.72 Å². The number of carbonyl (C=O) groups excluding carboxylic acids is 1. The summed E-state index contributed by atoms with van der Waals surface area (Å²) >= 11 is 0. The van der Waals surface area contributed by atoms with E-state index in [0.29, 0.717) is 6.42 Å². The third-order valence-electron chi connectivity index (χ3n) is 6.03. The smallest absolute Gasteiger partial charge is 0.314 e. The number of esters is 1. The Morgan fingerprint density at radius 2 is 2.22 bits per heavy atom. The normalized spacial score (nSPS) is 27.5. The van der Waals surface area contributed by atoms with Crippen LogP contribution in [-0.4, -0.2) is 42.1 Å². The van der Waals surface area contributed by atoms with Crippen LogP contribution < -0.4 is 0 Å². The van der Waals surface area contributed by atoms with Crippen LogP contribution in [0.3, 0.4) is 0 Å². The first-order chi connectivity index (χ1) is 13.2. The maximum absolute atomic E-state index is 12.7. The molecular weight excluding hydrogens is 338 g/mol. The van der Waals surface area contributed by atoms with Crippen LogP contribution in [0.25, 0.3) is 10.9 Å². The molecule has 27 heavy (non-hydrogen) atoms. The molecule has 1 aromatic heterocycles. The molecule has 0 saturated carbocycles. The van der Waals surface area contributed by atoms with Crippen molar-refractivity contribution in [3.63, 3.8) is 0 Å². The van der Waals surface area contributed by atoms with Gasteiger partial charge in [-0.2, -0.15) is 5.26 Å². The minimum Gasteiger partial charge on any atom is -0.469 e. The van der Waals surface area contributed by atoms with Crippen molar-refractivity contribution in [1.29, 1.82) is 5.26 Å². The van der Waals surface area contributed by atoms with Crippen molar-refractivity contribution in [3.8, 4) is 6.07 Å². The molecule has 4 atom stereocenters. The standard InChI is InChI=1S/C22H25N3O2/c1-3-15-10-14-11-18(22(26)27-2)21-17(8-9-25(13-14)20(15)12-23)16-6-4-5-7-19(16)24-21/h4-7,10,14,18,20,24H,3,8-9,11,13H2,1-2H3/t14-,18-,20+/m0/s1. The van der Waals surface area contributed by atoms with Crippen LogP contribution >= 0.6 is 0 Å². The largest absolute Gasteiger partial charge is 0.469 e. The number of ether oxygens (including phenoxy) is 1. The van der Waals surface area contributed by atoms with Gasteiger partial charge in [0.25, 0.3) is 0 Å². The van der Waals surface area contributed by atoms with Gasteiger partial charge in [-0.25, -0.2) is 0 Å². The fourth-order valence-electron chi connectivity index (χ4n) is 4.75. The van der Waals surface area contributed by atoms with E-state index in [0.717, 1.165) is 42.5 Å². The SMILES string of the molecule is CCC1=C[C@H]2C[C@H](C(=O)OC)c3[nH]c4ccccc4c3CCN(C2)[C@@H]1C#N. The van der Waals surface area contributed by atoms with Crippen molar-refractivity contribution in [1.82, 2.24) is 9.88 Å². The number of H-pyrrole nitrogens is 1. The van der Waals surface area contributed by atoms with Crippen LogP contribution in [0.15, 0.2) is 35.9 Å². The minimum atomic E-state index is -0.310. The zero-order chi connectivity index (χ0) is 19.0. The molecule has 0 radical (unpaired) electrons. The second kappa shape index (κ2) is 7.21. The highest BCUT2D eigenvalue weighted by Crippen LogP contribution is 2.37. The number of rotatable bonds is 2. The van der Waals surface area contributed by atoms with Gasteiger partial charge in [0.1, 0.15) is 6.04 Å². The summed E-state index contributed by atoms with van der Waals surface area (Å²) in [6.07, 6.45) is 4.61. The quantitative estimate of drug-likeness (QED) is 0.655. The third-order valence-corrected chi connectivity index (χ3v) is 6.03. The van der Waals surface area contributed by atoms with Gasteiger partial charge in [0.05, 0.1) is 19.1 Å². The molecule has 5 heteroatoms. The lowest BCUT2D eigenvalue weighted by atomic mass is 9.85. The fourth-order valence-corrected chi connectivity index (χ4v) is 4.75. The van der Waals surface area contributed by atoms with E-state index in [-0.39, 0.29) is 23.8 Å². The molecule has 1 aromatic carbocycles. The summed E-state index contributed by atoms with van der Waals surface area (Å²) in [5, 5.41) is 10.9. The molecule has 2 aliphatic rings. The Morgan fingerprint density at radius 3 is 2.96 bits per heavy atom. The molecule has 0 saturated heterocycles. The summed E-state index contributed by atoms with van der Waals surface area (Å²) in [6, 6.07) is 10.5. The number of hydrogen-bond acceptors (Lipinski definition) is 4. The number of para-hydroxylation sites is 1. The van der Waals surface area contributed by atoms with E-state index in [1.165, 1.54) is 18.2 Å². The van der Waals surface area contributed by atoms with Gasteiger partial charge in [0, 0.05) is 29.7 Å². The van der Waals surface area contributed by atoms with Crippen LogP contribution in [0.5, 0.6) is 0 Å². The Bertz CT molecular complexity index is 937. The number of aromatic nitrogens is 1. The lowest BCUT2D eigenvalue weighted by Crippen LogP contribution is -2.43. The van der Waals surface area contributed by atoms with Crippen LogP contribution in [0.2, 0.25) is 0 Å². The number of methoxy groups -OCH3 is 1. The molecule has 0 fully saturated rings. The van der Waals surface area contributed by atoms with E-state index >= 15 is 0 Å². The predicted octanol–water partition coefficient (Wildman–Crippen LogP) is 3.53. The second-order valence-corrected chi connectivity index (χ2v) is 7.51. The van der Waals surface area contributed by atoms with Crippen LogP contribution in [-0.2, 0) is 16.0 Å². The molecule has 1 N–H and O–H groups in total. The van der Waals surface area contributed by atoms with E-state index in [4.69, 9.17) is 4.74 Å². The summed E-state index contributed by atoms with van der Waals surface area (Å²) in [7, 11) is 1.46. The molecule has 2 bridgehead atoms. The van der Waals surface area contributed by atoms with Gasteiger partial charge in [-0.15, -0.1) is 0 Å². The number of carbonyl (C=O) groups is 1. The summed E-state index contributed by atoms with van der Waals surface area (Å²) in [4.78, 5) is 18.5. The van der Waals surface area contributed by atoms with E-state index < -0.39 is 0 Å². The van der Waals surface area contributed by atoms with Gasteiger partial charge in [-0.05, 0) is 42.4 Å². The first-order valence-electron chi connectivity index (χ1n) is 9.67. The molecule has 140 valence electrons. The highest BCUT2D eigenvalue weighted by atomic mass is 16.5. The highest BCUT2D eigenvalue weighted by Gasteiger charge is 2.36. The van der Waals surface area contributed by atoms with Gasteiger partial charge >= 0.3 is 5.97 Å². The summed E-state index contributed by atoms with van der Waals surface area (Å²) in [6.45, 7) is 3.73. The zero-order valence-electron chi connectivity index (χ0n) is 15.9. The molecule has 2 aliphatic heterocycles. The van der Waals surface area contributed by atoms with Gasteiger partial charge in [0.15, 0.2) is 0 Å². The monoisotopic (exact) mass is 363 g/mol. The van der Waals surface area contributed by atoms with Crippen LogP contribution in [0.1, 0.15) is 36.9 Å². The van der Waals surface area contributed by atoms with Crippen LogP contribution in [0, 0.1) is 17.2 Å². The Labute approximate surface area is 159 Å². The van der Waals surface area contributed by atoms with Gasteiger partial charge in [-0.1, -0.05) is 31.2 Å². The number of nitrogens with zero attached hydrogens (tertiary/aromatic N) is 2. The Morgan fingerprint density at radius 1 is 1.41 bits per heavy atom. The number of nitrogens with one attached hydrogen (secondary N) is 1. The van der Waals surface area contributed by atoms with E-state index in [9.17, 15) is 10.1 Å². The average Bonchev–Trinajstić information content (AvgIpc) is 3.08. The summed E-state index contributed by atoms with van der Waals surface area (Å²) < 4.78 is 5.17. The maximum Gasteiger partial charge on any atom is 0.314 e. The predicted molar refractivity (Wildman–Crippen MR) is 104 cm³/mol. The Balaban J connectivity index is 1.84. The first-order valence-corrected chi connectivity index (χ1v) is 9.67. The third kappa shape index (κ3) is 3.04. The first kappa shape index (κ1) is 17.8.